The Morgan fingerprint density at radius 1 is 1.07 bits per heavy atom. The molecule has 0 N–H and O–H groups in total. The van der Waals surface area contributed by atoms with Crippen molar-refractivity contribution in [3.05, 3.63) is 53.4 Å². The van der Waals surface area contributed by atoms with E-state index in [2.05, 4.69) is 0 Å². The first kappa shape index (κ1) is 18.2. The molecule has 0 spiro atoms. The Hall–Kier alpha value is -2.19. The van der Waals surface area contributed by atoms with Crippen molar-refractivity contribution in [2.75, 3.05) is 0 Å². The third-order valence-electron chi connectivity index (χ3n) is 5.63. The molecule has 8 heteroatoms. The number of hydrogen-bond acceptors (Lipinski definition) is 3. The van der Waals surface area contributed by atoms with Gasteiger partial charge in [0, 0.05) is 23.9 Å². The molecule has 1 aromatic heterocycles. The van der Waals surface area contributed by atoms with E-state index in [1.165, 1.54) is 6.07 Å². The highest BCUT2D eigenvalue weighted by Gasteiger charge is 2.52. The van der Waals surface area contributed by atoms with E-state index in [4.69, 9.17) is 9.31 Å². The van der Waals surface area contributed by atoms with Gasteiger partial charge in [-0.15, -0.1) is 0 Å². The fourth-order valence-corrected chi connectivity index (χ4v) is 3.34. The van der Waals surface area contributed by atoms with Crippen molar-refractivity contribution in [1.82, 2.24) is 9.47 Å². The van der Waals surface area contributed by atoms with Crippen LogP contribution >= 0.6 is 0 Å². The van der Waals surface area contributed by atoms with Gasteiger partial charge in [0.15, 0.2) is 11.6 Å². The predicted octanol–water partition coefficient (Wildman–Crippen LogP) is 3.05. The number of amides is 1. The number of nitrogens with zero attached hydrogens (tertiary/aromatic N) is 2. The molecular formula is C19H21BF2N2O3. The van der Waals surface area contributed by atoms with E-state index in [0.29, 0.717) is 12.1 Å². The summed E-state index contributed by atoms with van der Waals surface area (Å²) in [6.07, 6.45) is 1.73. The molecule has 4 rings (SSSR count). The van der Waals surface area contributed by atoms with Crippen LogP contribution in [0.15, 0.2) is 30.5 Å². The normalized spacial score (nSPS) is 20.4. The van der Waals surface area contributed by atoms with Crippen LogP contribution in [0.25, 0.3) is 0 Å². The molecule has 2 aromatic rings. The molecule has 1 amide bonds. The summed E-state index contributed by atoms with van der Waals surface area (Å²) in [4.78, 5) is 14.3. The first-order valence-corrected chi connectivity index (χ1v) is 8.87. The third kappa shape index (κ3) is 2.97. The maximum absolute atomic E-state index is 13.4. The van der Waals surface area contributed by atoms with Gasteiger partial charge in [0.1, 0.15) is 0 Å². The first-order valence-electron chi connectivity index (χ1n) is 8.87. The fourth-order valence-electron chi connectivity index (χ4n) is 3.34. The van der Waals surface area contributed by atoms with Crippen molar-refractivity contribution < 1.29 is 22.9 Å². The molecule has 2 aliphatic heterocycles. The van der Waals surface area contributed by atoms with Gasteiger partial charge in [-0.25, -0.2) is 13.6 Å². The van der Waals surface area contributed by atoms with Crippen LogP contribution < -0.4 is 5.46 Å². The topological polar surface area (TPSA) is 43.7 Å². The van der Waals surface area contributed by atoms with Gasteiger partial charge in [0.2, 0.25) is 0 Å². The predicted molar refractivity (Wildman–Crippen MR) is 96.5 cm³/mol. The Morgan fingerprint density at radius 2 is 1.74 bits per heavy atom. The van der Waals surface area contributed by atoms with Crippen LogP contribution in [-0.4, -0.2) is 33.8 Å². The Kier molecular flexibility index (Phi) is 3.98. The number of benzene rings is 1. The molecule has 1 saturated heterocycles. The molecule has 2 aliphatic rings. The van der Waals surface area contributed by atoms with E-state index in [-0.39, 0.29) is 12.6 Å². The lowest BCUT2D eigenvalue weighted by Gasteiger charge is -2.32. The number of halogens is 2. The van der Waals surface area contributed by atoms with Gasteiger partial charge in [-0.3, -0.25) is 4.57 Å². The lowest BCUT2D eigenvalue weighted by Crippen LogP contribution is -2.41. The van der Waals surface area contributed by atoms with Crippen molar-refractivity contribution in [1.29, 1.82) is 0 Å². The first-order chi connectivity index (χ1) is 12.6. The van der Waals surface area contributed by atoms with Gasteiger partial charge in [-0.05, 0) is 51.5 Å². The van der Waals surface area contributed by atoms with Gasteiger partial charge in [0.25, 0.3) is 0 Å². The van der Waals surface area contributed by atoms with Crippen LogP contribution in [0.4, 0.5) is 13.6 Å². The van der Waals surface area contributed by atoms with Gasteiger partial charge >= 0.3 is 13.1 Å². The summed E-state index contributed by atoms with van der Waals surface area (Å²) in [5.41, 5.74) is 1.25. The Bertz CT molecular complexity index is 910. The molecule has 0 unspecified atom stereocenters. The summed E-state index contributed by atoms with van der Waals surface area (Å²) in [7, 11) is -0.527. The summed E-state index contributed by atoms with van der Waals surface area (Å²) in [5.74, 6) is -1.81. The summed E-state index contributed by atoms with van der Waals surface area (Å²) in [6, 6.07) is 5.35. The molecule has 142 valence electrons. The monoisotopic (exact) mass is 374 g/mol. The Balaban J connectivity index is 1.50. The van der Waals surface area contributed by atoms with Crippen LogP contribution in [-0.2, 0) is 22.4 Å². The van der Waals surface area contributed by atoms with Gasteiger partial charge < -0.3 is 14.2 Å². The molecule has 1 aromatic carbocycles. The highest BCUT2D eigenvalue weighted by Crippen LogP contribution is 2.36. The van der Waals surface area contributed by atoms with E-state index in [9.17, 15) is 13.6 Å². The van der Waals surface area contributed by atoms with Crippen molar-refractivity contribution in [2.45, 2.75) is 52.0 Å². The molecule has 5 nitrogen and oxygen atoms in total. The van der Waals surface area contributed by atoms with E-state index in [1.807, 2.05) is 33.8 Å². The number of carbonyl (C=O) groups is 1. The standard InChI is InChI=1S/C19H21BF2N2O3/c1-18(2)19(3,4)27-20(26-18)13-8-14-11-23(17(25)24(14)10-13)9-12-5-6-15(21)16(22)7-12/h5-8,10H,9,11H2,1-4H3. The number of rotatable bonds is 3. The minimum Gasteiger partial charge on any atom is -0.399 e. The molecule has 3 heterocycles. The minimum absolute atomic E-state index is 0.211. The summed E-state index contributed by atoms with van der Waals surface area (Å²) in [5, 5.41) is 0. The van der Waals surface area contributed by atoms with Crippen LogP contribution in [0.3, 0.4) is 0 Å². The largest absolute Gasteiger partial charge is 0.496 e. The lowest BCUT2D eigenvalue weighted by molar-refractivity contribution is 0.00578. The zero-order chi connectivity index (χ0) is 19.6. The number of fused-ring (bicyclic) bond motifs is 1. The SMILES string of the molecule is CC1(C)OB(c2cc3n(c2)C(=O)N(Cc2ccc(F)c(F)c2)C3)OC1(C)C. The fraction of sp³-hybridized carbons (Fsp3) is 0.421. The minimum atomic E-state index is -0.915. The van der Waals surface area contributed by atoms with E-state index < -0.39 is 30.0 Å². The van der Waals surface area contributed by atoms with Crippen molar-refractivity contribution in [3.8, 4) is 0 Å². The highest BCUT2D eigenvalue weighted by molar-refractivity contribution is 6.62. The lowest BCUT2D eigenvalue weighted by atomic mass is 9.81. The Morgan fingerprint density at radius 3 is 2.33 bits per heavy atom. The van der Waals surface area contributed by atoms with Crippen LogP contribution in [0, 0.1) is 11.6 Å². The third-order valence-corrected chi connectivity index (χ3v) is 5.63. The number of hydrogen-bond donors (Lipinski definition) is 0. The molecule has 27 heavy (non-hydrogen) atoms. The van der Waals surface area contributed by atoms with Gasteiger partial charge in [-0.1, -0.05) is 6.07 Å². The number of carbonyl (C=O) groups excluding carboxylic acids is 1. The van der Waals surface area contributed by atoms with E-state index >= 15 is 0 Å². The van der Waals surface area contributed by atoms with Crippen molar-refractivity contribution in [3.63, 3.8) is 0 Å². The number of aromatic nitrogens is 1. The Labute approximate surface area is 157 Å². The van der Waals surface area contributed by atoms with Gasteiger partial charge in [-0.2, -0.15) is 0 Å². The van der Waals surface area contributed by atoms with Crippen molar-refractivity contribution >= 4 is 18.6 Å². The second kappa shape index (κ2) is 5.91. The maximum atomic E-state index is 13.4. The summed E-state index contributed by atoms with van der Waals surface area (Å²) >= 11 is 0. The van der Waals surface area contributed by atoms with Crippen LogP contribution in [0.5, 0.6) is 0 Å². The second-order valence-electron chi connectivity index (χ2n) is 8.11. The summed E-state index contributed by atoms with van der Waals surface area (Å²) < 4.78 is 40.1. The highest BCUT2D eigenvalue weighted by atomic mass is 19.2. The zero-order valence-corrected chi connectivity index (χ0v) is 15.8. The molecule has 0 aliphatic carbocycles. The molecule has 0 radical (unpaired) electrons. The molecule has 0 atom stereocenters. The summed E-state index contributed by atoms with van der Waals surface area (Å²) in [6.45, 7) is 8.51. The van der Waals surface area contributed by atoms with Crippen LogP contribution in [0.2, 0.25) is 0 Å². The second-order valence-corrected chi connectivity index (χ2v) is 8.11. The molecule has 0 saturated carbocycles. The van der Waals surface area contributed by atoms with E-state index in [1.54, 1.807) is 15.7 Å². The molecule has 1 fully saturated rings. The van der Waals surface area contributed by atoms with Gasteiger partial charge in [0.05, 0.1) is 17.7 Å². The van der Waals surface area contributed by atoms with Crippen LogP contribution in [0.1, 0.15) is 39.0 Å². The van der Waals surface area contributed by atoms with E-state index in [0.717, 1.165) is 23.3 Å². The zero-order valence-electron chi connectivity index (χ0n) is 15.8. The van der Waals surface area contributed by atoms with Crippen molar-refractivity contribution in [2.24, 2.45) is 0 Å². The maximum Gasteiger partial charge on any atom is 0.496 e. The average Bonchev–Trinajstić information content (AvgIpc) is 3.16. The molecular weight excluding hydrogens is 353 g/mol. The quantitative estimate of drug-likeness (QED) is 0.776. The molecule has 0 bridgehead atoms. The average molecular weight is 374 g/mol. The smallest absolute Gasteiger partial charge is 0.399 e.